The lowest BCUT2D eigenvalue weighted by molar-refractivity contribution is 0.0906. The quantitative estimate of drug-likeness (QED) is 0.924. The zero-order chi connectivity index (χ0) is 13.9. The maximum atomic E-state index is 12.3. The van der Waals surface area contributed by atoms with Crippen LogP contribution in [0.4, 0.5) is 0 Å². The summed E-state index contributed by atoms with van der Waals surface area (Å²) in [6, 6.07) is 2.34. The fourth-order valence-corrected chi connectivity index (χ4v) is 4.18. The van der Waals surface area contributed by atoms with Crippen molar-refractivity contribution in [2.75, 3.05) is 0 Å². The van der Waals surface area contributed by atoms with E-state index in [-0.39, 0.29) is 5.91 Å². The molecule has 3 nitrogen and oxygen atoms in total. The summed E-state index contributed by atoms with van der Waals surface area (Å²) in [6.07, 6.45) is 4.80. The van der Waals surface area contributed by atoms with Crippen LogP contribution in [0.3, 0.4) is 0 Å². The third-order valence-electron chi connectivity index (χ3n) is 3.93. The van der Waals surface area contributed by atoms with Gasteiger partial charge in [-0.1, -0.05) is 19.8 Å². The van der Waals surface area contributed by atoms with Crippen LogP contribution in [0.5, 0.6) is 0 Å². The molecule has 1 N–H and O–H groups in total. The van der Waals surface area contributed by atoms with Gasteiger partial charge in [-0.2, -0.15) is 11.3 Å². The Labute approximate surface area is 127 Å². The average molecular weight is 306 g/mol. The van der Waals surface area contributed by atoms with Gasteiger partial charge in [-0.05, 0) is 30.2 Å². The van der Waals surface area contributed by atoms with Crippen molar-refractivity contribution in [2.24, 2.45) is 5.92 Å². The smallest absolute Gasteiger partial charge is 0.271 e. The highest BCUT2D eigenvalue weighted by Crippen LogP contribution is 2.27. The topological polar surface area (TPSA) is 42.0 Å². The molecule has 0 spiro atoms. The van der Waals surface area contributed by atoms with E-state index in [1.807, 2.05) is 16.8 Å². The van der Waals surface area contributed by atoms with Gasteiger partial charge in [-0.15, -0.1) is 11.3 Å². The van der Waals surface area contributed by atoms with Crippen molar-refractivity contribution in [2.45, 2.75) is 38.6 Å². The van der Waals surface area contributed by atoms with Gasteiger partial charge in [0.2, 0.25) is 0 Å². The molecule has 1 aliphatic rings. The van der Waals surface area contributed by atoms with Crippen molar-refractivity contribution in [3.8, 4) is 10.6 Å². The highest BCUT2D eigenvalue weighted by molar-refractivity contribution is 7.14. The molecule has 0 aliphatic heterocycles. The number of carbonyl (C=O) groups excluding carboxylic acids is 1. The number of thiazole rings is 1. The van der Waals surface area contributed by atoms with E-state index in [4.69, 9.17) is 0 Å². The molecule has 1 fully saturated rings. The maximum Gasteiger partial charge on any atom is 0.271 e. The van der Waals surface area contributed by atoms with Crippen molar-refractivity contribution in [3.05, 3.63) is 27.9 Å². The summed E-state index contributed by atoms with van der Waals surface area (Å²) in [7, 11) is 0. The van der Waals surface area contributed by atoms with Crippen LogP contribution in [0, 0.1) is 5.92 Å². The number of aromatic nitrogens is 1. The average Bonchev–Trinajstić information content (AvgIpc) is 3.11. The zero-order valence-electron chi connectivity index (χ0n) is 11.5. The third kappa shape index (κ3) is 2.94. The van der Waals surface area contributed by atoms with Crippen molar-refractivity contribution in [3.63, 3.8) is 0 Å². The molecule has 0 unspecified atom stereocenters. The molecular weight excluding hydrogens is 288 g/mol. The van der Waals surface area contributed by atoms with Gasteiger partial charge < -0.3 is 5.32 Å². The summed E-state index contributed by atoms with van der Waals surface area (Å²) in [5.74, 6) is 0.546. The van der Waals surface area contributed by atoms with E-state index >= 15 is 0 Å². The van der Waals surface area contributed by atoms with Crippen molar-refractivity contribution in [1.29, 1.82) is 0 Å². The lowest BCUT2D eigenvalue weighted by Crippen LogP contribution is -2.41. The summed E-state index contributed by atoms with van der Waals surface area (Å²) in [4.78, 5) is 16.7. The van der Waals surface area contributed by atoms with Crippen LogP contribution in [-0.2, 0) is 0 Å². The molecule has 0 aromatic carbocycles. The van der Waals surface area contributed by atoms with Crippen LogP contribution in [-0.4, -0.2) is 16.9 Å². The molecule has 2 atom stereocenters. The van der Waals surface area contributed by atoms with Crippen LogP contribution in [0.15, 0.2) is 22.2 Å². The second kappa shape index (κ2) is 6.06. The van der Waals surface area contributed by atoms with E-state index in [2.05, 4.69) is 22.6 Å². The molecule has 2 aromatic heterocycles. The fourth-order valence-electron chi connectivity index (χ4n) is 2.67. The number of nitrogens with zero attached hydrogens (tertiary/aromatic N) is 1. The Morgan fingerprint density at radius 1 is 1.35 bits per heavy atom. The fraction of sp³-hybridized carbons (Fsp3) is 0.467. The third-order valence-corrected chi connectivity index (χ3v) is 5.51. The van der Waals surface area contributed by atoms with Gasteiger partial charge in [0.25, 0.3) is 5.91 Å². The Morgan fingerprint density at radius 2 is 2.20 bits per heavy atom. The van der Waals surface area contributed by atoms with Crippen LogP contribution >= 0.6 is 22.7 Å². The summed E-state index contributed by atoms with van der Waals surface area (Å²) < 4.78 is 0. The minimum Gasteiger partial charge on any atom is -0.348 e. The highest BCUT2D eigenvalue weighted by Gasteiger charge is 2.24. The maximum absolute atomic E-state index is 12.3. The van der Waals surface area contributed by atoms with Crippen molar-refractivity contribution in [1.82, 2.24) is 10.3 Å². The summed E-state index contributed by atoms with van der Waals surface area (Å²) in [5.41, 5.74) is 1.65. The van der Waals surface area contributed by atoms with E-state index in [0.717, 1.165) is 17.0 Å². The van der Waals surface area contributed by atoms with E-state index in [9.17, 15) is 4.79 Å². The number of hydrogen-bond donors (Lipinski definition) is 1. The number of hydrogen-bond acceptors (Lipinski definition) is 4. The number of rotatable bonds is 3. The Bertz CT molecular complexity index is 576. The van der Waals surface area contributed by atoms with Gasteiger partial charge in [0.15, 0.2) is 0 Å². The molecule has 0 bridgehead atoms. The summed E-state index contributed by atoms with van der Waals surface area (Å²) >= 11 is 3.18. The van der Waals surface area contributed by atoms with Crippen molar-refractivity contribution >= 4 is 28.6 Å². The summed E-state index contributed by atoms with van der Waals surface area (Å²) in [6.45, 7) is 2.22. The molecule has 2 aromatic rings. The van der Waals surface area contributed by atoms with Gasteiger partial charge in [-0.3, -0.25) is 4.79 Å². The Balaban J connectivity index is 1.68. The molecule has 0 saturated heterocycles. The second-order valence-corrected chi connectivity index (χ2v) is 7.03. The largest absolute Gasteiger partial charge is 0.348 e. The Morgan fingerprint density at radius 3 is 2.95 bits per heavy atom. The number of thiophene rings is 1. The number of nitrogens with one attached hydrogen (secondary N) is 1. The zero-order valence-corrected chi connectivity index (χ0v) is 13.1. The van der Waals surface area contributed by atoms with Crippen LogP contribution in [0.2, 0.25) is 0 Å². The second-order valence-electron chi connectivity index (χ2n) is 5.39. The normalized spacial score (nSPS) is 22.6. The first-order valence-electron chi connectivity index (χ1n) is 7.03. The Hall–Kier alpha value is -1.20. The van der Waals surface area contributed by atoms with Gasteiger partial charge in [-0.25, -0.2) is 4.98 Å². The molecule has 5 heteroatoms. The van der Waals surface area contributed by atoms with Gasteiger partial charge in [0.05, 0.1) is 0 Å². The van der Waals surface area contributed by atoms with Crippen LogP contribution in [0.1, 0.15) is 43.1 Å². The molecule has 0 radical (unpaired) electrons. The van der Waals surface area contributed by atoms with E-state index in [1.165, 1.54) is 30.6 Å². The van der Waals surface area contributed by atoms with Crippen LogP contribution in [0.25, 0.3) is 10.6 Å². The van der Waals surface area contributed by atoms with Gasteiger partial charge in [0.1, 0.15) is 10.7 Å². The highest BCUT2D eigenvalue weighted by atomic mass is 32.1. The first kappa shape index (κ1) is 13.8. The first-order chi connectivity index (χ1) is 9.74. The van der Waals surface area contributed by atoms with Crippen LogP contribution < -0.4 is 5.32 Å². The molecular formula is C15H18N2OS2. The van der Waals surface area contributed by atoms with Crippen molar-refractivity contribution < 1.29 is 4.79 Å². The first-order valence-corrected chi connectivity index (χ1v) is 8.85. The standard InChI is InChI=1S/C15H18N2OS2/c1-10-4-2-3-5-12(10)16-14(18)13-9-20-15(17-13)11-6-7-19-8-11/h6-10,12H,2-5H2,1H3,(H,16,18)/t10-,12+/m1/s1. The monoisotopic (exact) mass is 306 g/mol. The molecule has 2 heterocycles. The molecule has 20 heavy (non-hydrogen) atoms. The number of amides is 1. The predicted octanol–water partition coefficient (Wildman–Crippen LogP) is 4.18. The molecule has 106 valence electrons. The Kier molecular flexibility index (Phi) is 4.17. The minimum absolute atomic E-state index is 0.0264. The molecule has 1 saturated carbocycles. The predicted molar refractivity (Wildman–Crippen MR) is 84.3 cm³/mol. The molecule has 1 amide bonds. The van der Waals surface area contributed by atoms with Gasteiger partial charge >= 0.3 is 0 Å². The lowest BCUT2D eigenvalue weighted by Gasteiger charge is -2.29. The summed E-state index contributed by atoms with van der Waals surface area (Å²) in [5, 5.41) is 10.0. The van der Waals surface area contributed by atoms with Gasteiger partial charge in [0, 0.05) is 22.4 Å². The minimum atomic E-state index is -0.0264. The lowest BCUT2D eigenvalue weighted by atomic mass is 9.86. The SMILES string of the molecule is C[C@@H]1CCCC[C@@H]1NC(=O)c1csc(-c2ccsc2)n1. The van der Waals surface area contributed by atoms with E-state index < -0.39 is 0 Å². The van der Waals surface area contributed by atoms with E-state index in [1.54, 1.807) is 11.3 Å². The van der Waals surface area contributed by atoms with E-state index in [0.29, 0.717) is 17.7 Å². The molecule has 1 aliphatic carbocycles. The molecule has 3 rings (SSSR count). The number of carbonyl (C=O) groups is 1.